The highest BCUT2D eigenvalue weighted by molar-refractivity contribution is 6.00. The Labute approximate surface area is 156 Å². The van der Waals surface area contributed by atoms with Crippen LogP contribution in [-0.2, 0) is 4.79 Å². The molecule has 0 fully saturated rings. The van der Waals surface area contributed by atoms with Crippen LogP contribution < -0.4 is 5.32 Å². The molecule has 0 aliphatic carbocycles. The van der Waals surface area contributed by atoms with Gasteiger partial charge in [0.15, 0.2) is 0 Å². The van der Waals surface area contributed by atoms with Crippen molar-refractivity contribution < 1.29 is 19.8 Å². The summed E-state index contributed by atoms with van der Waals surface area (Å²) in [5.41, 5.74) is 0.126. The van der Waals surface area contributed by atoms with Crippen molar-refractivity contribution in [3.63, 3.8) is 0 Å². The largest absolute Gasteiger partial charge is 0.508 e. The number of carboxylic acids is 1. The summed E-state index contributed by atoms with van der Waals surface area (Å²) in [6, 6.07) is 3.92. The van der Waals surface area contributed by atoms with E-state index in [1.54, 1.807) is 0 Å². The molecule has 0 spiro atoms. The number of carboxylic acid groups (broad SMARTS) is 1. The lowest BCUT2D eigenvalue weighted by Gasteiger charge is -2.09. The maximum absolute atomic E-state index is 12.0. The first kappa shape index (κ1) is 22.0. The molecular weight excluding hydrogens is 330 g/mol. The first-order valence-electron chi connectivity index (χ1n) is 9.90. The van der Waals surface area contributed by atoms with Gasteiger partial charge < -0.3 is 15.5 Å². The molecule has 0 atom stereocenters. The number of phenolic OH excluding ortho intramolecular Hbond substituents is 1. The molecule has 0 aliphatic heterocycles. The summed E-state index contributed by atoms with van der Waals surface area (Å²) < 4.78 is 0. The Balaban J connectivity index is 2.12. The average Bonchev–Trinajstić information content (AvgIpc) is 2.61. The van der Waals surface area contributed by atoms with Gasteiger partial charge in [0.25, 0.3) is 0 Å². The zero-order valence-corrected chi connectivity index (χ0v) is 15.9. The van der Waals surface area contributed by atoms with Crippen molar-refractivity contribution in [1.29, 1.82) is 0 Å². The lowest BCUT2D eigenvalue weighted by molar-refractivity contribution is -0.116. The van der Waals surface area contributed by atoms with Gasteiger partial charge >= 0.3 is 5.97 Å². The van der Waals surface area contributed by atoms with Gasteiger partial charge in [-0.3, -0.25) is 4.79 Å². The molecular formula is C21H33NO4. The molecule has 0 bridgehead atoms. The summed E-state index contributed by atoms with van der Waals surface area (Å²) in [5.74, 6) is -1.49. The Morgan fingerprint density at radius 2 is 1.42 bits per heavy atom. The zero-order chi connectivity index (χ0) is 19.2. The smallest absolute Gasteiger partial charge is 0.337 e. The van der Waals surface area contributed by atoms with Gasteiger partial charge in [-0.2, -0.15) is 0 Å². The Morgan fingerprint density at radius 3 is 1.96 bits per heavy atom. The van der Waals surface area contributed by atoms with Crippen LogP contribution in [0.2, 0.25) is 0 Å². The van der Waals surface area contributed by atoms with E-state index in [0.29, 0.717) is 6.42 Å². The monoisotopic (exact) mass is 363 g/mol. The summed E-state index contributed by atoms with van der Waals surface area (Å²) in [7, 11) is 0. The molecule has 0 aliphatic rings. The van der Waals surface area contributed by atoms with Crippen molar-refractivity contribution in [1.82, 2.24) is 0 Å². The van der Waals surface area contributed by atoms with Gasteiger partial charge in [0, 0.05) is 6.42 Å². The third-order valence-electron chi connectivity index (χ3n) is 4.52. The van der Waals surface area contributed by atoms with Crippen molar-refractivity contribution in [3.8, 4) is 5.75 Å². The molecule has 0 radical (unpaired) electrons. The normalized spacial score (nSPS) is 10.7. The van der Waals surface area contributed by atoms with Crippen LogP contribution in [0.15, 0.2) is 18.2 Å². The molecule has 0 aromatic heterocycles. The Bertz CT molecular complexity index is 557. The second-order valence-corrected chi connectivity index (χ2v) is 6.87. The molecule has 1 amide bonds. The molecule has 1 rings (SSSR count). The van der Waals surface area contributed by atoms with Gasteiger partial charge in [-0.25, -0.2) is 4.79 Å². The van der Waals surface area contributed by atoms with Crippen molar-refractivity contribution in [2.75, 3.05) is 5.32 Å². The number of unbranched alkanes of at least 4 members (excludes halogenated alkanes) is 10. The molecule has 1 aromatic rings. The molecule has 146 valence electrons. The molecule has 5 heteroatoms. The lowest BCUT2D eigenvalue weighted by atomic mass is 10.1. The lowest BCUT2D eigenvalue weighted by Crippen LogP contribution is -2.14. The third kappa shape index (κ3) is 9.44. The van der Waals surface area contributed by atoms with E-state index in [0.717, 1.165) is 25.3 Å². The molecule has 0 unspecified atom stereocenters. The summed E-state index contributed by atoms with van der Waals surface area (Å²) in [6.07, 6.45) is 13.8. The van der Waals surface area contributed by atoms with Crippen molar-refractivity contribution in [3.05, 3.63) is 23.8 Å². The number of benzene rings is 1. The van der Waals surface area contributed by atoms with Gasteiger partial charge in [0.05, 0.1) is 11.3 Å². The number of amides is 1. The summed E-state index contributed by atoms with van der Waals surface area (Å²) in [4.78, 5) is 23.1. The number of rotatable bonds is 14. The number of phenols is 1. The van der Waals surface area contributed by atoms with E-state index >= 15 is 0 Å². The number of aromatic hydroxyl groups is 1. The molecule has 0 saturated carbocycles. The minimum absolute atomic E-state index is 0.0997. The molecule has 1 aromatic carbocycles. The number of hydrogen-bond donors (Lipinski definition) is 3. The van der Waals surface area contributed by atoms with E-state index < -0.39 is 5.97 Å². The van der Waals surface area contributed by atoms with E-state index in [1.807, 2.05) is 0 Å². The summed E-state index contributed by atoms with van der Waals surface area (Å²) >= 11 is 0. The van der Waals surface area contributed by atoms with E-state index in [2.05, 4.69) is 12.2 Å². The van der Waals surface area contributed by atoms with E-state index in [-0.39, 0.29) is 22.9 Å². The van der Waals surface area contributed by atoms with Crippen molar-refractivity contribution in [2.24, 2.45) is 0 Å². The number of hydrogen-bond acceptors (Lipinski definition) is 3. The fourth-order valence-electron chi connectivity index (χ4n) is 2.98. The highest BCUT2D eigenvalue weighted by atomic mass is 16.4. The van der Waals surface area contributed by atoms with Crippen LogP contribution in [0.3, 0.4) is 0 Å². The number of carbonyl (C=O) groups is 2. The zero-order valence-electron chi connectivity index (χ0n) is 15.9. The minimum atomic E-state index is -1.18. The second kappa shape index (κ2) is 13.2. The first-order valence-corrected chi connectivity index (χ1v) is 9.90. The Hall–Kier alpha value is -2.04. The fraction of sp³-hybridized carbons (Fsp3) is 0.619. The van der Waals surface area contributed by atoms with E-state index in [4.69, 9.17) is 5.11 Å². The number of aromatic carboxylic acids is 1. The highest BCUT2D eigenvalue weighted by Crippen LogP contribution is 2.21. The summed E-state index contributed by atoms with van der Waals surface area (Å²) in [5, 5.41) is 21.1. The second-order valence-electron chi connectivity index (χ2n) is 6.87. The van der Waals surface area contributed by atoms with Crippen LogP contribution in [0.1, 0.15) is 94.3 Å². The van der Waals surface area contributed by atoms with Gasteiger partial charge in [0.2, 0.25) is 5.91 Å². The molecule has 26 heavy (non-hydrogen) atoms. The first-order chi connectivity index (χ1) is 12.5. The van der Waals surface area contributed by atoms with Crippen LogP contribution in [0.4, 0.5) is 5.69 Å². The van der Waals surface area contributed by atoms with Crippen LogP contribution in [0.25, 0.3) is 0 Å². The van der Waals surface area contributed by atoms with Crippen LogP contribution >= 0.6 is 0 Å². The van der Waals surface area contributed by atoms with Crippen LogP contribution in [0, 0.1) is 0 Å². The summed E-state index contributed by atoms with van der Waals surface area (Å²) in [6.45, 7) is 2.23. The Kier molecular flexibility index (Phi) is 11.2. The predicted octanol–water partition coefficient (Wildman–Crippen LogP) is 5.73. The maximum Gasteiger partial charge on any atom is 0.337 e. The molecule has 0 saturated heterocycles. The number of anilines is 1. The SMILES string of the molecule is CCCCCCCCCCCCCC(=O)Nc1ccc(O)cc1C(=O)O. The molecule has 0 heterocycles. The standard InChI is InChI=1S/C21H33NO4/c1-2-3-4-5-6-7-8-9-10-11-12-13-20(24)22-19-15-14-17(23)16-18(19)21(25)26/h14-16,23H,2-13H2,1H3,(H,22,24)(H,25,26). The van der Waals surface area contributed by atoms with Gasteiger partial charge in [-0.1, -0.05) is 71.1 Å². The van der Waals surface area contributed by atoms with Crippen molar-refractivity contribution in [2.45, 2.75) is 84.0 Å². The van der Waals surface area contributed by atoms with E-state index in [9.17, 15) is 14.7 Å². The topological polar surface area (TPSA) is 86.6 Å². The molecule has 3 N–H and O–H groups in total. The quantitative estimate of drug-likeness (QED) is 0.291. The van der Waals surface area contributed by atoms with Crippen LogP contribution in [0.5, 0.6) is 5.75 Å². The van der Waals surface area contributed by atoms with Crippen LogP contribution in [-0.4, -0.2) is 22.1 Å². The predicted molar refractivity (Wildman–Crippen MR) is 105 cm³/mol. The Morgan fingerprint density at radius 1 is 0.885 bits per heavy atom. The highest BCUT2D eigenvalue weighted by Gasteiger charge is 2.13. The average molecular weight is 363 g/mol. The molecule has 5 nitrogen and oxygen atoms in total. The number of carbonyl (C=O) groups excluding carboxylic acids is 1. The third-order valence-corrected chi connectivity index (χ3v) is 4.52. The van der Waals surface area contributed by atoms with Gasteiger partial charge in [-0.15, -0.1) is 0 Å². The minimum Gasteiger partial charge on any atom is -0.508 e. The number of nitrogens with one attached hydrogen (secondary N) is 1. The van der Waals surface area contributed by atoms with Gasteiger partial charge in [0.1, 0.15) is 5.75 Å². The fourth-order valence-corrected chi connectivity index (χ4v) is 2.98. The van der Waals surface area contributed by atoms with Crippen molar-refractivity contribution >= 4 is 17.6 Å². The van der Waals surface area contributed by atoms with E-state index in [1.165, 1.54) is 63.5 Å². The maximum atomic E-state index is 12.0. The van der Waals surface area contributed by atoms with Gasteiger partial charge in [-0.05, 0) is 24.6 Å².